The molecule has 2 aromatic carbocycles. The number of nitrogens with two attached hydrogens (primary N) is 1. The molecule has 140 valence electrons. The summed E-state index contributed by atoms with van der Waals surface area (Å²) < 4.78 is 27.7. The zero-order valence-corrected chi connectivity index (χ0v) is 15.8. The highest BCUT2D eigenvalue weighted by atomic mass is 35.5. The van der Waals surface area contributed by atoms with Gasteiger partial charge in [0.05, 0.1) is 24.1 Å². The van der Waals surface area contributed by atoms with Gasteiger partial charge in [-0.15, -0.1) is 0 Å². The second kappa shape index (κ2) is 7.15. The Bertz CT molecular complexity index is 1040. The number of hydrogen-bond acceptors (Lipinski definition) is 5. The number of ether oxygens (including phenoxy) is 1. The minimum Gasteiger partial charge on any atom is -0.497 e. The maximum absolute atomic E-state index is 12.7. The molecule has 1 heterocycles. The molecule has 0 aliphatic carbocycles. The van der Waals surface area contributed by atoms with Gasteiger partial charge < -0.3 is 4.74 Å². The molecule has 3 rings (SSSR count). The van der Waals surface area contributed by atoms with E-state index in [0.29, 0.717) is 16.9 Å². The zero-order valence-electron chi connectivity index (χ0n) is 14.2. The third-order valence-electron chi connectivity index (χ3n) is 4.08. The second-order valence-electron chi connectivity index (χ2n) is 5.80. The fourth-order valence-electron chi connectivity index (χ4n) is 2.67. The van der Waals surface area contributed by atoms with E-state index in [1.54, 1.807) is 24.3 Å². The minimum absolute atomic E-state index is 0.0432. The summed E-state index contributed by atoms with van der Waals surface area (Å²) in [6, 6.07) is 12.2. The van der Waals surface area contributed by atoms with Crippen LogP contribution in [0, 0.1) is 0 Å². The second-order valence-corrected chi connectivity index (χ2v) is 7.74. The SMILES string of the molecule is COc1ccc(C2=C(Cl)C(=O)N(Cc3ccc(S(N)(=O)=O)cc3)C2=O)cc1. The number of halogens is 1. The Kier molecular flexibility index (Phi) is 5.05. The van der Waals surface area contributed by atoms with Gasteiger partial charge in [0, 0.05) is 0 Å². The van der Waals surface area contributed by atoms with Crippen LogP contribution in [-0.4, -0.2) is 32.2 Å². The van der Waals surface area contributed by atoms with Crippen molar-refractivity contribution in [3.63, 3.8) is 0 Å². The Morgan fingerprint density at radius 2 is 1.59 bits per heavy atom. The number of methoxy groups -OCH3 is 1. The van der Waals surface area contributed by atoms with E-state index in [-0.39, 0.29) is 22.0 Å². The monoisotopic (exact) mass is 406 g/mol. The molecule has 9 heteroatoms. The lowest BCUT2D eigenvalue weighted by Crippen LogP contribution is -2.30. The quantitative estimate of drug-likeness (QED) is 0.762. The molecular formula is C18H15ClN2O5S. The van der Waals surface area contributed by atoms with Crippen LogP contribution in [0.3, 0.4) is 0 Å². The smallest absolute Gasteiger partial charge is 0.273 e. The molecule has 7 nitrogen and oxygen atoms in total. The summed E-state index contributed by atoms with van der Waals surface area (Å²) in [6.07, 6.45) is 0. The number of amides is 2. The van der Waals surface area contributed by atoms with E-state index >= 15 is 0 Å². The van der Waals surface area contributed by atoms with E-state index in [4.69, 9.17) is 21.5 Å². The highest BCUT2D eigenvalue weighted by Crippen LogP contribution is 2.33. The molecule has 0 radical (unpaired) electrons. The maximum atomic E-state index is 12.7. The van der Waals surface area contributed by atoms with E-state index in [2.05, 4.69) is 0 Å². The van der Waals surface area contributed by atoms with Gasteiger partial charge in [-0.25, -0.2) is 13.6 Å². The Morgan fingerprint density at radius 1 is 1.00 bits per heavy atom. The van der Waals surface area contributed by atoms with Gasteiger partial charge in [0.2, 0.25) is 10.0 Å². The summed E-state index contributed by atoms with van der Waals surface area (Å²) in [5.41, 5.74) is 1.18. The maximum Gasteiger partial charge on any atom is 0.273 e. The van der Waals surface area contributed by atoms with Crippen molar-refractivity contribution in [3.05, 3.63) is 64.7 Å². The molecular weight excluding hydrogens is 392 g/mol. The van der Waals surface area contributed by atoms with E-state index in [0.717, 1.165) is 4.90 Å². The predicted molar refractivity (Wildman–Crippen MR) is 99.1 cm³/mol. The molecule has 0 saturated carbocycles. The van der Waals surface area contributed by atoms with Crippen LogP contribution in [0.25, 0.3) is 5.57 Å². The first-order valence-corrected chi connectivity index (χ1v) is 9.67. The first-order valence-electron chi connectivity index (χ1n) is 7.74. The average Bonchev–Trinajstić information content (AvgIpc) is 2.85. The van der Waals surface area contributed by atoms with Gasteiger partial charge in [0.25, 0.3) is 11.8 Å². The fraction of sp³-hybridized carbons (Fsp3) is 0.111. The number of primary sulfonamides is 1. The summed E-state index contributed by atoms with van der Waals surface area (Å²) in [6.45, 7) is -0.0432. The predicted octanol–water partition coefficient (Wildman–Crippen LogP) is 1.86. The van der Waals surface area contributed by atoms with E-state index in [9.17, 15) is 18.0 Å². The van der Waals surface area contributed by atoms with Crippen molar-refractivity contribution in [1.29, 1.82) is 0 Å². The van der Waals surface area contributed by atoms with Crippen molar-refractivity contribution in [2.24, 2.45) is 5.14 Å². The highest BCUT2D eigenvalue weighted by Gasteiger charge is 2.38. The Morgan fingerprint density at radius 3 is 2.11 bits per heavy atom. The molecule has 0 unspecified atom stereocenters. The largest absolute Gasteiger partial charge is 0.497 e. The number of hydrogen-bond donors (Lipinski definition) is 1. The van der Waals surface area contributed by atoms with Gasteiger partial charge in [0.15, 0.2) is 0 Å². The molecule has 0 aromatic heterocycles. The number of carbonyl (C=O) groups is 2. The molecule has 1 aliphatic rings. The highest BCUT2D eigenvalue weighted by molar-refractivity contribution is 7.89. The zero-order chi connectivity index (χ0) is 19.8. The first kappa shape index (κ1) is 19.1. The summed E-state index contributed by atoms with van der Waals surface area (Å²) in [4.78, 5) is 26.1. The number of benzene rings is 2. The Balaban J connectivity index is 1.85. The van der Waals surface area contributed by atoms with Crippen molar-refractivity contribution in [1.82, 2.24) is 4.90 Å². The molecule has 1 aliphatic heterocycles. The molecule has 0 atom stereocenters. The molecule has 0 saturated heterocycles. The van der Waals surface area contributed by atoms with Crippen LogP contribution in [0.15, 0.2) is 58.5 Å². The topological polar surface area (TPSA) is 107 Å². The number of rotatable bonds is 5. The van der Waals surface area contributed by atoms with Crippen LogP contribution in [-0.2, 0) is 26.2 Å². The normalized spacial score (nSPS) is 14.9. The summed E-state index contributed by atoms with van der Waals surface area (Å²) in [5, 5.41) is 4.90. The van der Waals surface area contributed by atoms with Crippen LogP contribution < -0.4 is 9.88 Å². The summed E-state index contributed by atoms with van der Waals surface area (Å²) in [5.74, 6) is -0.521. The van der Waals surface area contributed by atoms with Crippen LogP contribution in [0.2, 0.25) is 0 Å². The third-order valence-corrected chi connectivity index (χ3v) is 5.36. The van der Waals surface area contributed by atoms with E-state index in [1.165, 1.54) is 31.4 Å². The minimum atomic E-state index is -3.81. The average molecular weight is 407 g/mol. The van der Waals surface area contributed by atoms with E-state index < -0.39 is 21.8 Å². The van der Waals surface area contributed by atoms with Crippen molar-refractivity contribution >= 4 is 39.0 Å². The van der Waals surface area contributed by atoms with Gasteiger partial charge in [-0.05, 0) is 35.4 Å². The van der Waals surface area contributed by atoms with Crippen LogP contribution >= 0.6 is 11.6 Å². The lowest BCUT2D eigenvalue weighted by Gasteiger charge is -2.15. The van der Waals surface area contributed by atoms with Crippen molar-refractivity contribution in [2.75, 3.05) is 7.11 Å². The van der Waals surface area contributed by atoms with Gasteiger partial charge in [-0.3, -0.25) is 14.5 Å². The molecule has 2 aromatic rings. The van der Waals surface area contributed by atoms with Crippen molar-refractivity contribution in [2.45, 2.75) is 11.4 Å². The number of sulfonamides is 1. The van der Waals surface area contributed by atoms with Gasteiger partial charge in [0.1, 0.15) is 10.8 Å². The first-order chi connectivity index (χ1) is 12.7. The number of nitrogens with zero attached hydrogens (tertiary/aromatic N) is 1. The third kappa shape index (κ3) is 3.73. The van der Waals surface area contributed by atoms with Crippen molar-refractivity contribution < 1.29 is 22.7 Å². The fourth-order valence-corrected chi connectivity index (χ4v) is 3.47. The van der Waals surface area contributed by atoms with Crippen LogP contribution in [0.1, 0.15) is 11.1 Å². The molecule has 0 spiro atoms. The Labute approximate surface area is 161 Å². The summed E-state index contributed by atoms with van der Waals surface area (Å²) in [7, 11) is -2.29. The number of carbonyl (C=O) groups excluding carboxylic acids is 2. The lowest BCUT2D eigenvalue weighted by atomic mass is 10.1. The number of imide groups is 1. The molecule has 2 amide bonds. The van der Waals surface area contributed by atoms with Crippen molar-refractivity contribution in [3.8, 4) is 5.75 Å². The van der Waals surface area contributed by atoms with Gasteiger partial charge in [-0.2, -0.15) is 0 Å². The summed E-state index contributed by atoms with van der Waals surface area (Å²) >= 11 is 6.12. The van der Waals surface area contributed by atoms with Gasteiger partial charge in [-0.1, -0.05) is 35.9 Å². The molecule has 2 N–H and O–H groups in total. The molecule has 0 bridgehead atoms. The van der Waals surface area contributed by atoms with Gasteiger partial charge >= 0.3 is 0 Å². The molecule has 27 heavy (non-hydrogen) atoms. The standard InChI is InChI=1S/C18H15ClN2O5S/c1-26-13-6-4-12(5-7-13)15-16(19)18(23)21(17(15)22)10-11-2-8-14(9-3-11)27(20,24)25/h2-9H,10H2,1H3,(H2,20,24,25). The Hall–Kier alpha value is -2.68. The lowest BCUT2D eigenvalue weighted by molar-refractivity contribution is -0.137. The molecule has 0 fully saturated rings. The van der Waals surface area contributed by atoms with Crippen LogP contribution in [0.4, 0.5) is 0 Å². The van der Waals surface area contributed by atoms with Crippen LogP contribution in [0.5, 0.6) is 5.75 Å². The van der Waals surface area contributed by atoms with E-state index in [1.807, 2.05) is 0 Å².